The van der Waals surface area contributed by atoms with E-state index in [4.69, 9.17) is 25.2 Å². The molecule has 5 nitrogen and oxygen atoms in total. The standard InChI is InChI=1S/C38H64ClNO4SSi2/c1-13-15-16-19-31(43-46(9,10)37(3,4)5)27-21-23-28(24-22-27)35-29(30(39)25-32(35)44-47(11,12)38(6,7)8)18-17-20-34-40-26-33(45-34)36(41)42-14-2/h21-24,26,29-32,35H,13-20,25H2,1-12H3/t29-,30+,31?,32-,35?/m0/s1. The van der Waals surface area contributed by atoms with Crippen molar-refractivity contribution in [3.63, 3.8) is 0 Å². The summed E-state index contributed by atoms with van der Waals surface area (Å²) in [5, 5.41) is 1.30. The molecule has 0 amide bonds. The van der Waals surface area contributed by atoms with Crippen LogP contribution in [0.5, 0.6) is 0 Å². The zero-order valence-corrected chi connectivity index (χ0v) is 35.1. The Bertz CT molecular complexity index is 1270. The van der Waals surface area contributed by atoms with E-state index >= 15 is 0 Å². The van der Waals surface area contributed by atoms with Crippen LogP contribution in [0.25, 0.3) is 0 Å². The van der Waals surface area contributed by atoms with Crippen LogP contribution < -0.4 is 0 Å². The average Bonchev–Trinajstić information content (AvgIpc) is 3.55. The van der Waals surface area contributed by atoms with Gasteiger partial charge in [-0.25, -0.2) is 9.78 Å². The van der Waals surface area contributed by atoms with Crippen molar-refractivity contribution >= 4 is 45.5 Å². The largest absolute Gasteiger partial charge is 0.462 e. The van der Waals surface area contributed by atoms with Gasteiger partial charge in [-0.3, -0.25) is 0 Å². The first-order valence-corrected chi connectivity index (χ1v) is 25.1. The van der Waals surface area contributed by atoms with E-state index in [9.17, 15) is 4.79 Å². The van der Waals surface area contributed by atoms with E-state index in [0.29, 0.717) is 17.4 Å². The number of aryl methyl sites for hydroxylation is 1. The number of hydrogen-bond donors (Lipinski definition) is 0. The minimum atomic E-state index is -2.02. The molecule has 1 aliphatic rings. The smallest absolute Gasteiger partial charge is 0.349 e. The highest BCUT2D eigenvalue weighted by Crippen LogP contribution is 2.50. The zero-order valence-electron chi connectivity index (χ0n) is 31.5. The van der Waals surface area contributed by atoms with Gasteiger partial charge in [0.15, 0.2) is 16.6 Å². The number of nitrogens with zero attached hydrogens (tertiary/aromatic N) is 1. The maximum Gasteiger partial charge on any atom is 0.349 e. The summed E-state index contributed by atoms with van der Waals surface area (Å²) in [4.78, 5) is 17.3. The Labute approximate surface area is 298 Å². The van der Waals surface area contributed by atoms with Gasteiger partial charge in [0, 0.05) is 11.3 Å². The highest BCUT2D eigenvalue weighted by molar-refractivity contribution is 7.13. The van der Waals surface area contributed by atoms with Crippen molar-refractivity contribution < 1.29 is 18.4 Å². The molecule has 1 aliphatic carbocycles. The molecule has 1 aromatic heterocycles. The molecule has 3 rings (SSSR count). The fourth-order valence-corrected chi connectivity index (χ4v) is 10.1. The maximum absolute atomic E-state index is 12.2. The third kappa shape index (κ3) is 10.7. The van der Waals surface area contributed by atoms with Crippen molar-refractivity contribution in [2.24, 2.45) is 5.92 Å². The predicted octanol–water partition coefficient (Wildman–Crippen LogP) is 12.1. The van der Waals surface area contributed by atoms with Gasteiger partial charge in [0.1, 0.15) is 4.88 Å². The second-order valence-corrected chi connectivity index (χ2v) is 27.8. The second kappa shape index (κ2) is 16.8. The molecule has 1 heterocycles. The molecule has 1 saturated carbocycles. The molecule has 0 bridgehead atoms. The van der Waals surface area contributed by atoms with Crippen LogP contribution in [-0.2, 0) is 20.0 Å². The Morgan fingerprint density at radius 1 is 0.979 bits per heavy atom. The summed E-state index contributed by atoms with van der Waals surface area (Å²) in [5.74, 6) is 0.238. The van der Waals surface area contributed by atoms with Crippen molar-refractivity contribution in [1.29, 1.82) is 0 Å². The van der Waals surface area contributed by atoms with Gasteiger partial charge in [0.25, 0.3) is 0 Å². The van der Waals surface area contributed by atoms with E-state index < -0.39 is 16.6 Å². The van der Waals surface area contributed by atoms with Gasteiger partial charge in [-0.05, 0) is 92.3 Å². The summed E-state index contributed by atoms with van der Waals surface area (Å²) in [6.07, 6.45) is 10.2. The predicted molar refractivity (Wildman–Crippen MR) is 205 cm³/mol. The number of carbonyl (C=O) groups excluding carboxylic acids is 1. The minimum Gasteiger partial charge on any atom is -0.462 e. The van der Waals surface area contributed by atoms with Crippen LogP contribution in [0.15, 0.2) is 30.5 Å². The third-order valence-electron chi connectivity index (χ3n) is 11.0. The monoisotopic (exact) mass is 721 g/mol. The molecule has 0 radical (unpaired) electrons. The SMILES string of the molecule is CCCCCC(O[Si](C)(C)C(C)(C)C)c1ccc(C2[C@@H](O[Si](C)(C)C(C)(C)C)C[C@@H](Cl)[C@@H]2CCCc2ncc(C(=O)OCC)s2)cc1. The first-order valence-electron chi connectivity index (χ1n) is 18.0. The van der Waals surface area contributed by atoms with Crippen LogP contribution in [0.4, 0.5) is 0 Å². The van der Waals surface area contributed by atoms with Gasteiger partial charge in [-0.1, -0.05) is 92.0 Å². The van der Waals surface area contributed by atoms with E-state index in [0.717, 1.165) is 37.1 Å². The molecule has 0 aliphatic heterocycles. The number of benzene rings is 1. The van der Waals surface area contributed by atoms with Gasteiger partial charge < -0.3 is 13.6 Å². The van der Waals surface area contributed by atoms with Crippen LogP contribution in [0.3, 0.4) is 0 Å². The van der Waals surface area contributed by atoms with Crippen LogP contribution in [0.2, 0.25) is 36.3 Å². The first-order chi connectivity index (χ1) is 21.8. The van der Waals surface area contributed by atoms with E-state index in [1.165, 1.54) is 41.7 Å². The molecule has 5 atom stereocenters. The zero-order chi connectivity index (χ0) is 35.2. The number of aromatic nitrogens is 1. The summed E-state index contributed by atoms with van der Waals surface area (Å²) in [7, 11) is -3.96. The van der Waals surface area contributed by atoms with Crippen molar-refractivity contribution in [3.8, 4) is 0 Å². The summed E-state index contributed by atoms with van der Waals surface area (Å²) >= 11 is 8.68. The Morgan fingerprint density at radius 3 is 2.19 bits per heavy atom. The normalized spacial score (nSPS) is 21.6. The molecule has 0 saturated heterocycles. The van der Waals surface area contributed by atoms with Gasteiger partial charge in [0.05, 0.1) is 30.0 Å². The lowest BCUT2D eigenvalue weighted by Crippen LogP contribution is -2.44. The Balaban J connectivity index is 1.88. The molecule has 2 unspecified atom stereocenters. The number of unbranched alkanes of at least 4 members (excludes halogenated alkanes) is 2. The molecule has 0 spiro atoms. The summed E-state index contributed by atoms with van der Waals surface area (Å²) in [6, 6.07) is 9.34. The van der Waals surface area contributed by atoms with Crippen molar-refractivity contribution in [2.75, 3.05) is 6.61 Å². The molecular formula is C38H64ClNO4SSi2. The van der Waals surface area contributed by atoms with Gasteiger partial charge in [-0.15, -0.1) is 22.9 Å². The van der Waals surface area contributed by atoms with E-state index in [-0.39, 0.29) is 39.5 Å². The number of ether oxygens (including phenoxy) is 1. The van der Waals surface area contributed by atoms with Gasteiger partial charge >= 0.3 is 5.97 Å². The Hall–Kier alpha value is -1.04. The van der Waals surface area contributed by atoms with Crippen LogP contribution in [0.1, 0.15) is 138 Å². The van der Waals surface area contributed by atoms with Gasteiger partial charge in [-0.2, -0.15) is 0 Å². The quantitative estimate of drug-likeness (QED) is 0.0747. The molecule has 47 heavy (non-hydrogen) atoms. The molecule has 266 valence electrons. The van der Waals surface area contributed by atoms with Crippen LogP contribution in [-0.4, -0.2) is 45.7 Å². The minimum absolute atomic E-state index is 0.0459. The third-order valence-corrected chi connectivity index (χ3v) is 21.5. The number of halogens is 1. The second-order valence-electron chi connectivity index (χ2n) is 16.6. The summed E-state index contributed by atoms with van der Waals surface area (Å²) < 4.78 is 19.4. The number of rotatable bonds is 16. The summed E-state index contributed by atoms with van der Waals surface area (Å²) in [5.41, 5.74) is 2.61. The number of carbonyl (C=O) groups is 1. The van der Waals surface area contributed by atoms with Gasteiger partial charge in [0.2, 0.25) is 0 Å². The van der Waals surface area contributed by atoms with Crippen LogP contribution in [0, 0.1) is 5.92 Å². The average molecular weight is 723 g/mol. The van der Waals surface area contributed by atoms with Crippen molar-refractivity contribution in [2.45, 2.75) is 167 Å². The molecule has 1 fully saturated rings. The lowest BCUT2D eigenvalue weighted by Gasteiger charge is -2.40. The first kappa shape index (κ1) is 40.4. The highest BCUT2D eigenvalue weighted by atomic mass is 35.5. The molecule has 0 N–H and O–H groups in total. The van der Waals surface area contributed by atoms with E-state index in [1.807, 2.05) is 6.92 Å². The van der Waals surface area contributed by atoms with Crippen molar-refractivity contribution in [1.82, 2.24) is 4.98 Å². The topological polar surface area (TPSA) is 57.7 Å². The molecule has 1 aromatic carbocycles. The molecule has 2 aromatic rings. The maximum atomic E-state index is 12.2. The molecular weight excluding hydrogens is 658 g/mol. The molecule has 9 heteroatoms. The number of thiazole rings is 1. The lowest BCUT2D eigenvalue weighted by atomic mass is 9.84. The fourth-order valence-electron chi connectivity index (χ4n) is 6.09. The van der Waals surface area contributed by atoms with E-state index in [2.05, 4.69) is 104 Å². The van der Waals surface area contributed by atoms with Crippen molar-refractivity contribution in [3.05, 3.63) is 51.5 Å². The summed E-state index contributed by atoms with van der Waals surface area (Å²) in [6.45, 7) is 27.8. The Morgan fingerprint density at radius 2 is 1.62 bits per heavy atom. The number of hydrogen-bond acceptors (Lipinski definition) is 6. The fraction of sp³-hybridized carbons (Fsp3) is 0.737. The van der Waals surface area contributed by atoms with Crippen LogP contribution >= 0.6 is 22.9 Å². The highest BCUT2D eigenvalue weighted by Gasteiger charge is 2.48. The number of alkyl halides is 1. The number of esters is 1. The van der Waals surface area contributed by atoms with E-state index in [1.54, 1.807) is 6.20 Å². The Kier molecular flexibility index (Phi) is 14.4. The lowest BCUT2D eigenvalue weighted by molar-refractivity contribution is 0.0531.